The van der Waals surface area contributed by atoms with Gasteiger partial charge in [0.1, 0.15) is 0 Å². The molecule has 17 heavy (non-hydrogen) atoms. The van der Waals surface area contributed by atoms with E-state index in [-0.39, 0.29) is 0 Å². The van der Waals surface area contributed by atoms with Gasteiger partial charge in [-0.15, -0.1) is 46.9 Å². The van der Waals surface area contributed by atoms with E-state index in [0.717, 1.165) is 5.08 Å². The molecule has 0 fully saturated rings. The van der Waals surface area contributed by atoms with Crippen LogP contribution in [-0.2, 0) is 0 Å². The van der Waals surface area contributed by atoms with Crippen LogP contribution in [0.1, 0.15) is 0 Å². The van der Waals surface area contributed by atoms with Gasteiger partial charge in [0.25, 0.3) is 0 Å². The van der Waals surface area contributed by atoms with Crippen molar-refractivity contribution >= 4 is 93.0 Å². The minimum atomic E-state index is 1.11. The van der Waals surface area contributed by atoms with Crippen molar-refractivity contribution in [1.29, 1.82) is 0 Å². The normalized spacial score (nSPS) is 10.9. The Morgan fingerprint density at radius 1 is 0.647 bits per heavy atom. The highest BCUT2D eigenvalue weighted by atomic mass is 33.1. The van der Waals surface area contributed by atoms with Crippen LogP contribution in [-0.4, -0.2) is 49.6 Å². The van der Waals surface area contributed by atoms with Crippen LogP contribution in [0.25, 0.3) is 0 Å². The van der Waals surface area contributed by atoms with Gasteiger partial charge in [-0.3, -0.25) is 0 Å². The van der Waals surface area contributed by atoms with Gasteiger partial charge in [0.15, 0.2) is 0 Å². The zero-order valence-electron chi connectivity index (χ0n) is 9.96. The number of hydrogen-bond acceptors (Lipinski definition) is 8. The molecule has 0 amide bonds. The third-order valence-corrected chi connectivity index (χ3v) is 10.1. The molecular weight excluding hydrogens is 365 g/mol. The number of hydrogen-bond donors (Lipinski definition) is 1. The third-order valence-electron chi connectivity index (χ3n) is 1.44. The first-order valence-corrected chi connectivity index (χ1v) is 14.3. The monoisotopic (exact) mass is 384 g/mol. The van der Waals surface area contributed by atoms with E-state index >= 15 is 0 Å². The first kappa shape index (κ1) is 19.8. The second kappa shape index (κ2) is 18.8. The summed E-state index contributed by atoms with van der Waals surface area (Å²) in [6, 6.07) is 0. The van der Waals surface area contributed by atoms with Crippen molar-refractivity contribution in [2.24, 2.45) is 0 Å². The maximum Gasteiger partial charge on any atom is 0.0493 e. The van der Waals surface area contributed by atoms with Crippen LogP contribution in [0.15, 0.2) is 0 Å². The third kappa shape index (κ3) is 18.8. The van der Waals surface area contributed by atoms with Crippen molar-refractivity contribution in [3.05, 3.63) is 0 Å². The molecule has 0 heterocycles. The molecule has 0 rings (SSSR count). The van der Waals surface area contributed by atoms with Crippen molar-refractivity contribution in [3.63, 3.8) is 0 Å². The summed E-state index contributed by atoms with van der Waals surface area (Å²) in [4.78, 5) is 0. The van der Waals surface area contributed by atoms with Gasteiger partial charge in [-0.1, -0.05) is 10.8 Å². The molecule has 0 aliphatic rings. The molecule has 0 spiro atoms. The van der Waals surface area contributed by atoms with Crippen molar-refractivity contribution in [1.82, 2.24) is 0 Å². The van der Waals surface area contributed by atoms with Crippen LogP contribution in [0.2, 0.25) is 0 Å². The highest BCUT2D eigenvalue weighted by Crippen LogP contribution is 2.22. The summed E-state index contributed by atoms with van der Waals surface area (Å²) in [5, 5.41) is 4.86. The fourth-order valence-corrected chi connectivity index (χ4v) is 8.37. The lowest BCUT2D eigenvalue weighted by Gasteiger charge is -2.02. The van der Waals surface area contributed by atoms with Crippen LogP contribution < -0.4 is 0 Å². The average molecular weight is 385 g/mol. The maximum absolute atomic E-state index is 4.11. The fourth-order valence-electron chi connectivity index (χ4n) is 0.719. The Morgan fingerprint density at radius 3 is 1.65 bits per heavy atom. The van der Waals surface area contributed by atoms with Gasteiger partial charge in [-0.05, 0) is 6.26 Å². The molecular formula is C9H20S8. The molecule has 104 valence electrons. The van der Waals surface area contributed by atoms with Gasteiger partial charge >= 0.3 is 0 Å². The van der Waals surface area contributed by atoms with E-state index in [1.165, 1.54) is 38.3 Å². The van der Waals surface area contributed by atoms with Crippen LogP contribution in [0.5, 0.6) is 0 Å². The SMILES string of the molecule is CSCCSCSCSCSCCSCSS. The van der Waals surface area contributed by atoms with E-state index in [2.05, 4.69) is 65.0 Å². The van der Waals surface area contributed by atoms with E-state index in [9.17, 15) is 0 Å². The molecule has 0 nitrogen and oxygen atoms in total. The molecule has 0 N–H and O–H groups in total. The Kier molecular flexibility index (Phi) is 21.9. The average Bonchev–Trinajstić information content (AvgIpc) is 2.35. The lowest BCUT2D eigenvalue weighted by Crippen LogP contribution is -1.86. The molecule has 0 saturated heterocycles. The highest BCUT2D eigenvalue weighted by Gasteiger charge is 1.93. The quantitative estimate of drug-likeness (QED) is 0.181. The summed E-state index contributed by atoms with van der Waals surface area (Å²) >= 11 is 16.3. The summed E-state index contributed by atoms with van der Waals surface area (Å²) in [7, 11) is 1.62. The van der Waals surface area contributed by atoms with Crippen LogP contribution >= 0.6 is 93.0 Å². The largest absolute Gasteiger partial charge is 0.165 e. The Hall–Kier alpha value is 2.80. The van der Waals surface area contributed by atoms with Crippen LogP contribution in [0, 0.1) is 0 Å². The summed E-state index contributed by atoms with van der Waals surface area (Å²) in [5.41, 5.74) is 0. The van der Waals surface area contributed by atoms with Crippen molar-refractivity contribution in [2.75, 3.05) is 49.6 Å². The van der Waals surface area contributed by atoms with E-state index in [1.807, 2.05) is 23.5 Å². The summed E-state index contributed by atoms with van der Waals surface area (Å²) in [6.45, 7) is 0. The second-order valence-electron chi connectivity index (χ2n) is 2.73. The van der Waals surface area contributed by atoms with Gasteiger partial charge < -0.3 is 0 Å². The summed E-state index contributed by atoms with van der Waals surface area (Å²) in [6.07, 6.45) is 2.17. The van der Waals surface area contributed by atoms with E-state index < -0.39 is 0 Å². The zero-order valence-corrected chi connectivity index (χ0v) is 16.6. The van der Waals surface area contributed by atoms with Crippen molar-refractivity contribution < 1.29 is 0 Å². The number of thiol groups is 1. The summed E-state index contributed by atoms with van der Waals surface area (Å²) < 4.78 is 0. The van der Waals surface area contributed by atoms with Crippen molar-refractivity contribution in [3.8, 4) is 0 Å². The highest BCUT2D eigenvalue weighted by molar-refractivity contribution is 8.70. The zero-order chi connectivity index (χ0) is 12.6. The van der Waals surface area contributed by atoms with Crippen LogP contribution in [0.4, 0.5) is 0 Å². The lowest BCUT2D eigenvalue weighted by molar-refractivity contribution is 1.56. The minimum absolute atomic E-state index is 1.11. The van der Waals surface area contributed by atoms with Crippen LogP contribution in [0.3, 0.4) is 0 Å². The first-order chi connectivity index (χ1) is 8.41. The van der Waals surface area contributed by atoms with Gasteiger partial charge in [-0.25, -0.2) is 0 Å². The van der Waals surface area contributed by atoms with E-state index in [4.69, 9.17) is 0 Å². The van der Waals surface area contributed by atoms with Crippen molar-refractivity contribution in [2.45, 2.75) is 0 Å². The maximum atomic E-state index is 4.11. The predicted molar refractivity (Wildman–Crippen MR) is 107 cm³/mol. The number of rotatable bonds is 14. The molecule has 0 aromatic carbocycles. The molecule has 0 atom stereocenters. The smallest absolute Gasteiger partial charge is 0.0493 e. The first-order valence-electron chi connectivity index (χ1n) is 5.05. The standard InChI is InChI=1S/C9H20S8/c1-11-2-3-12-6-15-8-16-7-13-4-5-14-9-17-10/h10H,2-9H2,1H3. The molecule has 0 aliphatic heterocycles. The molecule has 0 radical (unpaired) electrons. The molecule has 0 aromatic rings. The van der Waals surface area contributed by atoms with E-state index in [0.29, 0.717) is 0 Å². The Labute approximate surface area is 141 Å². The fraction of sp³-hybridized carbons (Fsp3) is 1.00. The second-order valence-corrected chi connectivity index (χ2v) is 11.8. The summed E-state index contributed by atoms with van der Waals surface area (Å²) in [5.74, 6) is 5.13. The minimum Gasteiger partial charge on any atom is -0.165 e. The Bertz CT molecular complexity index is 120. The molecule has 0 unspecified atom stereocenters. The molecule has 0 saturated carbocycles. The van der Waals surface area contributed by atoms with Gasteiger partial charge in [0.05, 0.1) is 0 Å². The molecule has 0 aliphatic carbocycles. The lowest BCUT2D eigenvalue weighted by atomic mass is 11.0. The van der Waals surface area contributed by atoms with E-state index in [1.54, 1.807) is 10.8 Å². The predicted octanol–water partition coefficient (Wildman–Crippen LogP) is 5.42. The Balaban J connectivity index is 2.85. The van der Waals surface area contributed by atoms with Gasteiger partial charge in [0.2, 0.25) is 0 Å². The molecule has 8 heteroatoms. The number of thioether (sulfide) groups is 6. The molecule has 0 bridgehead atoms. The molecule has 0 aromatic heterocycles. The van der Waals surface area contributed by atoms with Gasteiger partial charge in [0, 0.05) is 43.4 Å². The van der Waals surface area contributed by atoms with Gasteiger partial charge in [-0.2, -0.15) is 35.3 Å². The topological polar surface area (TPSA) is 0 Å². The Morgan fingerprint density at radius 2 is 1.12 bits per heavy atom.